The normalized spacial score (nSPS) is 12.6. The highest BCUT2D eigenvalue weighted by Crippen LogP contribution is 2.25. The summed E-state index contributed by atoms with van der Waals surface area (Å²) in [6, 6.07) is 0. The minimum atomic E-state index is -0.767. The van der Waals surface area contributed by atoms with Crippen LogP contribution in [0.15, 0.2) is 4.63 Å². The molecule has 0 unspecified atom stereocenters. The molecule has 0 spiro atoms. The van der Waals surface area contributed by atoms with E-state index in [2.05, 4.69) is 9.79 Å². The van der Waals surface area contributed by atoms with E-state index >= 15 is 0 Å². The molecule has 18 heavy (non-hydrogen) atoms. The Bertz CT molecular complexity index is 538. The molecule has 1 aromatic heterocycles. The number of H-pyrrole nitrogens is 1. The van der Waals surface area contributed by atoms with E-state index in [1.54, 1.807) is 41.5 Å². The maximum absolute atomic E-state index is 12.1. The van der Waals surface area contributed by atoms with Crippen LogP contribution in [-0.2, 0) is 0 Å². The number of nitrogens with zero attached hydrogens (tertiary/aromatic N) is 1. The summed E-state index contributed by atoms with van der Waals surface area (Å²) >= 11 is 0. The van der Waals surface area contributed by atoms with Crippen molar-refractivity contribution in [2.45, 2.75) is 41.5 Å². The number of nitrogens with one attached hydrogen (secondary N) is 1. The SMILES string of the molecule is CC(C)(C)C(=O)c1[nH]o[n+](=O)c1C(=O)C(C)(C)C. The van der Waals surface area contributed by atoms with Crippen LogP contribution in [0.4, 0.5) is 0 Å². The van der Waals surface area contributed by atoms with Crippen LogP contribution in [0, 0.1) is 15.7 Å². The molecule has 0 saturated carbocycles. The smallest absolute Gasteiger partial charge is 0.289 e. The Morgan fingerprint density at radius 3 is 1.83 bits per heavy atom. The van der Waals surface area contributed by atoms with Crippen molar-refractivity contribution in [3.05, 3.63) is 16.3 Å². The number of aromatic amines is 1. The molecular weight excluding hydrogens is 236 g/mol. The lowest BCUT2D eigenvalue weighted by molar-refractivity contribution is -0.714. The van der Waals surface area contributed by atoms with Crippen molar-refractivity contribution in [3.8, 4) is 0 Å². The van der Waals surface area contributed by atoms with Crippen molar-refractivity contribution in [2.75, 3.05) is 0 Å². The molecule has 0 aromatic carbocycles. The highest BCUT2D eigenvalue weighted by atomic mass is 16.7. The summed E-state index contributed by atoms with van der Waals surface area (Å²) in [7, 11) is 0. The number of carbonyl (C=O) groups excluding carboxylic acids is 2. The summed E-state index contributed by atoms with van der Waals surface area (Å²) in [6.07, 6.45) is 0. The van der Waals surface area contributed by atoms with Gasteiger partial charge in [0.1, 0.15) is 0 Å². The molecule has 0 aliphatic carbocycles. The van der Waals surface area contributed by atoms with Crippen LogP contribution in [0.5, 0.6) is 0 Å². The fraction of sp³-hybridized carbons (Fsp3) is 0.667. The highest BCUT2D eigenvalue weighted by molar-refractivity contribution is 6.08. The highest BCUT2D eigenvalue weighted by Gasteiger charge is 2.41. The standard InChI is InChI=1S/C12H18N2O4/c1-11(2,3)9(15)7-8(14(17)18-13-7)10(16)12(4,5)6/h1-6H3/p+1. The molecule has 100 valence electrons. The van der Waals surface area contributed by atoms with Gasteiger partial charge in [-0.05, 0) is 4.91 Å². The first kappa shape index (κ1) is 14.3. The van der Waals surface area contributed by atoms with Crippen LogP contribution in [0.2, 0.25) is 0 Å². The first-order chi connectivity index (χ1) is 7.96. The fourth-order valence-electron chi connectivity index (χ4n) is 1.35. The molecule has 0 aliphatic heterocycles. The molecule has 0 saturated heterocycles. The third-order valence-electron chi connectivity index (χ3n) is 2.45. The molecule has 6 nitrogen and oxygen atoms in total. The topological polar surface area (TPSA) is 86.0 Å². The third kappa shape index (κ3) is 2.57. The van der Waals surface area contributed by atoms with Crippen molar-refractivity contribution in [2.24, 2.45) is 10.8 Å². The van der Waals surface area contributed by atoms with Crippen LogP contribution >= 0.6 is 0 Å². The first-order valence-electron chi connectivity index (χ1n) is 5.70. The van der Waals surface area contributed by atoms with Gasteiger partial charge in [0.2, 0.25) is 11.6 Å². The molecule has 0 amide bonds. The van der Waals surface area contributed by atoms with Gasteiger partial charge >= 0.3 is 5.69 Å². The number of Topliss-reactive ketones (excluding diaryl/α,β-unsaturated/α-hetero) is 2. The number of rotatable bonds is 2. The maximum atomic E-state index is 12.1. The van der Waals surface area contributed by atoms with E-state index in [1.165, 1.54) is 0 Å². The molecule has 1 heterocycles. The summed E-state index contributed by atoms with van der Waals surface area (Å²) in [5.41, 5.74) is -1.81. The first-order valence-corrected chi connectivity index (χ1v) is 5.70. The lowest BCUT2D eigenvalue weighted by Crippen LogP contribution is -2.33. The van der Waals surface area contributed by atoms with Crippen molar-refractivity contribution < 1.29 is 18.8 Å². The predicted molar refractivity (Wildman–Crippen MR) is 64.0 cm³/mol. The van der Waals surface area contributed by atoms with Crippen molar-refractivity contribution in [1.29, 1.82) is 0 Å². The summed E-state index contributed by atoms with van der Waals surface area (Å²) < 4.78 is 4.58. The Labute approximate surface area is 105 Å². The van der Waals surface area contributed by atoms with Crippen LogP contribution in [0.1, 0.15) is 62.5 Å². The van der Waals surface area contributed by atoms with Gasteiger partial charge in [-0.15, -0.1) is 0 Å². The zero-order valence-electron chi connectivity index (χ0n) is 11.6. The molecule has 0 bridgehead atoms. The minimum absolute atomic E-state index is 0.0621. The maximum Gasteiger partial charge on any atom is 0.319 e. The molecule has 0 fully saturated rings. The van der Waals surface area contributed by atoms with Crippen molar-refractivity contribution >= 4 is 11.6 Å². The van der Waals surface area contributed by atoms with E-state index in [9.17, 15) is 14.5 Å². The minimum Gasteiger partial charge on any atom is -0.289 e. The van der Waals surface area contributed by atoms with Gasteiger partial charge in [0.25, 0.3) is 5.69 Å². The predicted octanol–water partition coefficient (Wildman–Crippen LogP) is 1.98. The summed E-state index contributed by atoms with van der Waals surface area (Å²) in [5, 5.41) is 2.24. The van der Waals surface area contributed by atoms with Gasteiger partial charge < -0.3 is 0 Å². The molecule has 1 N–H and O–H groups in total. The molecule has 1 rings (SSSR count). The van der Waals surface area contributed by atoms with Gasteiger partial charge in [0.15, 0.2) is 4.60 Å². The Kier molecular flexibility index (Phi) is 3.34. The van der Waals surface area contributed by atoms with Gasteiger partial charge in [-0.1, -0.05) is 51.3 Å². The Balaban J connectivity index is 3.40. The number of hydrogen-bond acceptors (Lipinski definition) is 4. The van der Waals surface area contributed by atoms with Gasteiger partial charge in [-0.25, -0.2) is 0 Å². The van der Waals surface area contributed by atoms with Crippen LogP contribution in [0.3, 0.4) is 0 Å². The average Bonchev–Trinajstić information content (AvgIpc) is 2.54. The quantitative estimate of drug-likeness (QED) is 0.819. The summed E-state index contributed by atoms with van der Waals surface area (Å²) in [5.74, 6) is -0.774. The lowest BCUT2D eigenvalue weighted by atomic mass is 9.84. The number of carbonyl (C=O) groups is 2. The fourth-order valence-corrected chi connectivity index (χ4v) is 1.35. The van der Waals surface area contributed by atoms with Gasteiger partial charge in [0, 0.05) is 10.8 Å². The van der Waals surface area contributed by atoms with E-state index in [1.807, 2.05) is 0 Å². The second kappa shape index (κ2) is 4.19. The zero-order chi connectivity index (χ0) is 14.3. The Morgan fingerprint density at radius 1 is 1.00 bits per heavy atom. The molecule has 0 atom stereocenters. The van der Waals surface area contributed by atoms with E-state index in [-0.39, 0.29) is 21.8 Å². The summed E-state index contributed by atoms with van der Waals surface area (Å²) in [4.78, 5) is 35.8. The second-order valence-electron chi connectivity index (χ2n) is 6.33. The molecule has 1 aromatic rings. The van der Waals surface area contributed by atoms with E-state index < -0.39 is 16.6 Å². The lowest BCUT2D eigenvalue weighted by Gasteiger charge is -2.15. The van der Waals surface area contributed by atoms with Crippen LogP contribution in [-0.4, -0.2) is 16.7 Å². The number of hydrogen-bond donors (Lipinski definition) is 1. The van der Waals surface area contributed by atoms with Crippen molar-refractivity contribution in [3.63, 3.8) is 0 Å². The van der Waals surface area contributed by atoms with E-state index in [0.717, 1.165) is 0 Å². The van der Waals surface area contributed by atoms with E-state index in [0.29, 0.717) is 0 Å². The van der Waals surface area contributed by atoms with Crippen LogP contribution < -0.4 is 4.60 Å². The van der Waals surface area contributed by atoms with E-state index in [4.69, 9.17) is 0 Å². The third-order valence-corrected chi connectivity index (χ3v) is 2.45. The largest absolute Gasteiger partial charge is 0.319 e. The van der Waals surface area contributed by atoms with Crippen LogP contribution in [0.25, 0.3) is 0 Å². The Morgan fingerprint density at radius 2 is 1.44 bits per heavy atom. The molecule has 0 radical (unpaired) electrons. The number of ketones is 2. The average molecular weight is 255 g/mol. The molecule has 6 heteroatoms. The van der Waals surface area contributed by atoms with Gasteiger partial charge in [0.05, 0.1) is 0 Å². The number of aromatic nitrogens is 2. The monoisotopic (exact) mass is 255 g/mol. The Hall–Kier alpha value is -1.72. The zero-order valence-corrected chi connectivity index (χ0v) is 11.6. The summed E-state index contributed by atoms with van der Waals surface area (Å²) in [6.45, 7) is 10.1. The second-order valence-corrected chi connectivity index (χ2v) is 6.33. The van der Waals surface area contributed by atoms with Crippen molar-refractivity contribution in [1.82, 2.24) is 5.16 Å². The molecule has 0 aliphatic rings. The molecular formula is C12H19N2O4+. The van der Waals surface area contributed by atoms with Gasteiger partial charge in [-0.3, -0.25) is 9.59 Å². The van der Waals surface area contributed by atoms with Gasteiger partial charge in [-0.2, -0.15) is 0 Å².